The highest BCUT2D eigenvalue weighted by molar-refractivity contribution is 5.47. The molecule has 2 aromatic rings. The van der Waals surface area contributed by atoms with Crippen molar-refractivity contribution in [3.63, 3.8) is 0 Å². The highest BCUT2D eigenvalue weighted by Crippen LogP contribution is 2.35. The standard InChI is InChI=1S/C19H19NO3/c1-13-3-5-17(21-2)15(9-13)10-16(12-20)14-4-6-18-19(11-14)23-8-7-22-18/h3-6,9,11,16H,7-8,10H2,1-2H3. The van der Waals surface area contributed by atoms with Crippen LogP contribution in [-0.2, 0) is 6.42 Å². The number of ether oxygens (including phenoxy) is 3. The molecule has 1 atom stereocenters. The van der Waals surface area contributed by atoms with Crippen molar-refractivity contribution in [1.29, 1.82) is 5.26 Å². The molecule has 0 saturated carbocycles. The zero-order chi connectivity index (χ0) is 16.2. The van der Waals surface area contributed by atoms with Gasteiger partial charge >= 0.3 is 0 Å². The lowest BCUT2D eigenvalue weighted by Crippen LogP contribution is -2.15. The molecule has 4 heteroatoms. The Labute approximate surface area is 136 Å². The molecule has 0 spiro atoms. The normalized spacial score (nSPS) is 14.0. The molecule has 0 fully saturated rings. The average molecular weight is 309 g/mol. The fourth-order valence-corrected chi connectivity index (χ4v) is 2.80. The highest BCUT2D eigenvalue weighted by atomic mass is 16.6. The third kappa shape index (κ3) is 3.24. The van der Waals surface area contributed by atoms with Gasteiger partial charge in [-0.15, -0.1) is 0 Å². The molecule has 23 heavy (non-hydrogen) atoms. The smallest absolute Gasteiger partial charge is 0.161 e. The summed E-state index contributed by atoms with van der Waals surface area (Å²) < 4.78 is 16.6. The van der Waals surface area contributed by atoms with Gasteiger partial charge in [0.2, 0.25) is 0 Å². The molecule has 3 rings (SSSR count). The molecule has 0 saturated heterocycles. The van der Waals surface area contributed by atoms with Crippen molar-refractivity contribution in [3.8, 4) is 23.3 Å². The Bertz CT molecular complexity index is 749. The van der Waals surface area contributed by atoms with E-state index in [1.54, 1.807) is 7.11 Å². The minimum absolute atomic E-state index is 0.262. The lowest BCUT2D eigenvalue weighted by Gasteiger charge is -2.20. The maximum absolute atomic E-state index is 9.61. The van der Waals surface area contributed by atoms with E-state index in [1.165, 1.54) is 0 Å². The Morgan fingerprint density at radius 3 is 2.65 bits per heavy atom. The Balaban J connectivity index is 1.89. The number of hydrogen-bond acceptors (Lipinski definition) is 4. The summed E-state index contributed by atoms with van der Waals surface area (Å²) in [6.07, 6.45) is 0.598. The van der Waals surface area contributed by atoms with Crippen LogP contribution in [0.4, 0.5) is 0 Å². The molecular formula is C19H19NO3. The third-order valence-corrected chi connectivity index (χ3v) is 3.98. The second-order valence-electron chi connectivity index (χ2n) is 5.60. The van der Waals surface area contributed by atoms with E-state index in [9.17, 15) is 5.26 Å². The van der Waals surface area contributed by atoms with Gasteiger partial charge < -0.3 is 14.2 Å². The van der Waals surface area contributed by atoms with Crippen molar-refractivity contribution < 1.29 is 14.2 Å². The summed E-state index contributed by atoms with van der Waals surface area (Å²) in [7, 11) is 1.65. The first-order valence-corrected chi connectivity index (χ1v) is 7.64. The van der Waals surface area contributed by atoms with Crippen LogP contribution >= 0.6 is 0 Å². The van der Waals surface area contributed by atoms with Crippen molar-refractivity contribution in [3.05, 3.63) is 53.1 Å². The van der Waals surface area contributed by atoms with E-state index in [0.717, 1.165) is 28.2 Å². The Morgan fingerprint density at radius 1 is 1.13 bits per heavy atom. The van der Waals surface area contributed by atoms with E-state index in [0.29, 0.717) is 25.4 Å². The maximum atomic E-state index is 9.61. The van der Waals surface area contributed by atoms with Crippen LogP contribution in [0, 0.1) is 18.3 Å². The Morgan fingerprint density at radius 2 is 1.91 bits per heavy atom. The number of nitriles is 1. The summed E-state index contributed by atoms with van der Waals surface area (Å²) in [5, 5.41) is 9.61. The summed E-state index contributed by atoms with van der Waals surface area (Å²) in [6.45, 7) is 3.14. The first kappa shape index (κ1) is 15.2. The van der Waals surface area contributed by atoms with Gasteiger partial charge in [-0.2, -0.15) is 5.26 Å². The van der Waals surface area contributed by atoms with Gasteiger partial charge in [0.15, 0.2) is 11.5 Å². The molecule has 2 aromatic carbocycles. The van der Waals surface area contributed by atoms with Gasteiger partial charge in [0.1, 0.15) is 19.0 Å². The second kappa shape index (κ2) is 6.62. The lowest BCUT2D eigenvalue weighted by atomic mass is 9.92. The highest BCUT2D eigenvalue weighted by Gasteiger charge is 2.18. The molecule has 0 amide bonds. The van der Waals surface area contributed by atoms with E-state index < -0.39 is 0 Å². The van der Waals surface area contributed by atoms with E-state index >= 15 is 0 Å². The quantitative estimate of drug-likeness (QED) is 0.865. The van der Waals surface area contributed by atoms with Gasteiger partial charge in [-0.1, -0.05) is 23.8 Å². The maximum Gasteiger partial charge on any atom is 0.161 e. The lowest BCUT2D eigenvalue weighted by molar-refractivity contribution is 0.171. The number of hydrogen-bond donors (Lipinski definition) is 0. The minimum atomic E-state index is -0.262. The predicted octanol–water partition coefficient (Wildman–Crippen LogP) is 3.62. The van der Waals surface area contributed by atoms with Crippen LogP contribution in [0.25, 0.3) is 0 Å². The third-order valence-electron chi connectivity index (χ3n) is 3.98. The fraction of sp³-hybridized carbons (Fsp3) is 0.316. The van der Waals surface area contributed by atoms with Crippen LogP contribution < -0.4 is 14.2 Å². The molecule has 0 aliphatic carbocycles. The zero-order valence-corrected chi connectivity index (χ0v) is 13.3. The van der Waals surface area contributed by atoms with Crippen molar-refractivity contribution in [2.45, 2.75) is 19.3 Å². The van der Waals surface area contributed by atoms with Gasteiger partial charge in [-0.3, -0.25) is 0 Å². The summed E-state index contributed by atoms with van der Waals surface area (Å²) in [6, 6.07) is 14.1. The van der Waals surface area contributed by atoms with Gasteiger partial charge in [-0.05, 0) is 42.7 Å². The number of fused-ring (bicyclic) bond motifs is 1. The molecule has 118 valence electrons. The molecule has 4 nitrogen and oxygen atoms in total. The van der Waals surface area contributed by atoms with Crippen LogP contribution in [0.15, 0.2) is 36.4 Å². The van der Waals surface area contributed by atoms with Crippen LogP contribution in [0.1, 0.15) is 22.6 Å². The van der Waals surface area contributed by atoms with E-state index in [-0.39, 0.29) is 5.92 Å². The fourth-order valence-electron chi connectivity index (χ4n) is 2.80. The van der Waals surface area contributed by atoms with Gasteiger partial charge in [0.25, 0.3) is 0 Å². The summed E-state index contributed by atoms with van der Waals surface area (Å²) in [5.74, 6) is 2.00. The summed E-state index contributed by atoms with van der Waals surface area (Å²) >= 11 is 0. The van der Waals surface area contributed by atoms with Crippen molar-refractivity contribution in [1.82, 2.24) is 0 Å². The molecule has 0 N–H and O–H groups in total. The molecule has 0 aromatic heterocycles. The SMILES string of the molecule is COc1ccc(C)cc1CC(C#N)c1ccc2c(c1)OCCO2. The van der Waals surface area contributed by atoms with Crippen molar-refractivity contribution >= 4 is 0 Å². The number of nitrogens with zero attached hydrogens (tertiary/aromatic N) is 1. The molecular weight excluding hydrogens is 290 g/mol. The zero-order valence-electron chi connectivity index (χ0n) is 13.3. The molecule has 1 aliphatic rings. The topological polar surface area (TPSA) is 51.5 Å². The number of methoxy groups -OCH3 is 1. The number of benzene rings is 2. The van der Waals surface area contributed by atoms with E-state index in [4.69, 9.17) is 14.2 Å². The number of aryl methyl sites for hydroxylation is 1. The van der Waals surface area contributed by atoms with E-state index in [2.05, 4.69) is 12.1 Å². The van der Waals surface area contributed by atoms with Crippen molar-refractivity contribution in [2.75, 3.05) is 20.3 Å². The first-order valence-electron chi connectivity index (χ1n) is 7.64. The Hall–Kier alpha value is -2.67. The molecule has 1 unspecified atom stereocenters. The van der Waals surface area contributed by atoms with Gasteiger partial charge in [-0.25, -0.2) is 0 Å². The van der Waals surface area contributed by atoms with E-state index in [1.807, 2.05) is 37.3 Å². The summed E-state index contributed by atoms with van der Waals surface area (Å²) in [5.41, 5.74) is 3.12. The van der Waals surface area contributed by atoms with Crippen LogP contribution in [0.2, 0.25) is 0 Å². The largest absolute Gasteiger partial charge is 0.496 e. The predicted molar refractivity (Wildman–Crippen MR) is 87.2 cm³/mol. The molecule has 0 bridgehead atoms. The molecule has 0 radical (unpaired) electrons. The van der Waals surface area contributed by atoms with Crippen molar-refractivity contribution in [2.24, 2.45) is 0 Å². The van der Waals surface area contributed by atoms with Gasteiger partial charge in [0, 0.05) is 0 Å². The molecule has 1 heterocycles. The first-order chi connectivity index (χ1) is 11.2. The number of rotatable bonds is 4. The van der Waals surface area contributed by atoms with Crippen LogP contribution in [-0.4, -0.2) is 20.3 Å². The average Bonchev–Trinajstić information content (AvgIpc) is 2.59. The van der Waals surface area contributed by atoms with Crippen LogP contribution in [0.3, 0.4) is 0 Å². The molecule has 1 aliphatic heterocycles. The monoisotopic (exact) mass is 309 g/mol. The summed E-state index contributed by atoms with van der Waals surface area (Å²) in [4.78, 5) is 0. The minimum Gasteiger partial charge on any atom is -0.496 e. The van der Waals surface area contributed by atoms with Gasteiger partial charge in [0.05, 0.1) is 19.1 Å². The van der Waals surface area contributed by atoms with Crippen LogP contribution in [0.5, 0.6) is 17.2 Å². The Kier molecular flexibility index (Phi) is 4.38. The second-order valence-corrected chi connectivity index (χ2v) is 5.60.